The molecule has 5 nitrogen and oxygen atoms in total. The van der Waals surface area contributed by atoms with Crippen LogP contribution in [-0.4, -0.2) is 49.0 Å². The number of hydrogen-bond acceptors (Lipinski definition) is 4. The number of piperazine rings is 1. The van der Waals surface area contributed by atoms with Crippen molar-refractivity contribution < 1.29 is 9.18 Å². The van der Waals surface area contributed by atoms with E-state index in [2.05, 4.69) is 9.88 Å². The first-order valence-corrected chi connectivity index (χ1v) is 9.65. The molecule has 29 heavy (non-hydrogen) atoms. The molecule has 0 spiro atoms. The van der Waals surface area contributed by atoms with Gasteiger partial charge in [-0.2, -0.15) is 0 Å². The highest BCUT2D eigenvalue weighted by atomic mass is 19.1. The molecule has 0 N–H and O–H groups in total. The van der Waals surface area contributed by atoms with E-state index in [1.165, 1.54) is 12.1 Å². The summed E-state index contributed by atoms with van der Waals surface area (Å²) in [6.07, 6.45) is 3.38. The van der Waals surface area contributed by atoms with E-state index < -0.39 is 0 Å². The first kappa shape index (κ1) is 18.9. The number of rotatable bonds is 4. The van der Waals surface area contributed by atoms with Gasteiger partial charge in [0.15, 0.2) is 0 Å². The fourth-order valence-corrected chi connectivity index (χ4v) is 3.53. The van der Waals surface area contributed by atoms with E-state index in [4.69, 9.17) is 0 Å². The summed E-state index contributed by atoms with van der Waals surface area (Å²) in [5.74, 6) is -0.255. The molecule has 1 aliphatic heterocycles. The van der Waals surface area contributed by atoms with E-state index in [0.29, 0.717) is 31.7 Å². The molecule has 2 heterocycles. The van der Waals surface area contributed by atoms with Crippen LogP contribution in [0, 0.1) is 5.82 Å². The van der Waals surface area contributed by atoms with E-state index in [-0.39, 0.29) is 11.7 Å². The number of aromatic nitrogens is 1. The Hall–Kier alpha value is -3.41. The molecule has 1 aliphatic rings. The highest BCUT2D eigenvalue weighted by Gasteiger charge is 2.23. The van der Waals surface area contributed by atoms with Crippen LogP contribution in [0.1, 0.15) is 10.4 Å². The molecular formula is C23H23FN4O. The Labute approximate surface area is 170 Å². The zero-order valence-electron chi connectivity index (χ0n) is 16.3. The molecule has 1 fully saturated rings. The van der Waals surface area contributed by atoms with Gasteiger partial charge < -0.3 is 14.7 Å². The lowest BCUT2D eigenvalue weighted by Gasteiger charge is -2.36. The van der Waals surface area contributed by atoms with Crippen molar-refractivity contribution in [1.82, 2.24) is 9.88 Å². The lowest BCUT2D eigenvalue weighted by molar-refractivity contribution is 0.0746. The summed E-state index contributed by atoms with van der Waals surface area (Å²) < 4.78 is 13.1. The van der Waals surface area contributed by atoms with Crippen molar-refractivity contribution >= 4 is 23.0 Å². The van der Waals surface area contributed by atoms with Gasteiger partial charge in [-0.25, -0.2) is 4.39 Å². The number of carbonyl (C=O) groups is 1. The van der Waals surface area contributed by atoms with Crippen molar-refractivity contribution in [3.63, 3.8) is 0 Å². The molecule has 1 saturated heterocycles. The summed E-state index contributed by atoms with van der Waals surface area (Å²) in [4.78, 5) is 23.3. The van der Waals surface area contributed by atoms with Crippen LogP contribution in [0.5, 0.6) is 0 Å². The molecule has 2 aromatic carbocycles. The van der Waals surface area contributed by atoms with Crippen molar-refractivity contribution in [3.05, 3.63) is 84.4 Å². The minimum atomic E-state index is -0.240. The highest BCUT2D eigenvalue weighted by molar-refractivity contribution is 5.95. The minimum Gasteiger partial charge on any atom is -0.368 e. The molecule has 0 saturated carbocycles. The van der Waals surface area contributed by atoms with Gasteiger partial charge in [0.2, 0.25) is 0 Å². The number of anilines is 3. The highest BCUT2D eigenvalue weighted by Crippen LogP contribution is 2.24. The maximum atomic E-state index is 13.1. The van der Waals surface area contributed by atoms with Crippen LogP contribution in [0.3, 0.4) is 0 Å². The van der Waals surface area contributed by atoms with E-state index >= 15 is 0 Å². The van der Waals surface area contributed by atoms with Gasteiger partial charge in [0.25, 0.3) is 5.91 Å². The van der Waals surface area contributed by atoms with Gasteiger partial charge in [0.1, 0.15) is 5.82 Å². The number of pyridine rings is 1. The predicted molar refractivity (Wildman–Crippen MR) is 113 cm³/mol. The van der Waals surface area contributed by atoms with Gasteiger partial charge in [-0.3, -0.25) is 9.78 Å². The maximum absolute atomic E-state index is 13.1. The third-order valence-corrected chi connectivity index (χ3v) is 5.26. The van der Waals surface area contributed by atoms with Crippen molar-refractivity contribution in [3.8, 4) is 0 Å². The van der Waals surface area contributed by atoms with Gasteiger partial charge in [-0.15, -0.1) is 0 Å². The van der Waals surface area contributed by atoms with Crippen LogP contribution in [0.2, 0.25) is 0 Å². The molecule has 0 bridgehead atoms. The molecule has 148 valence electrons. The van der Waals surface area contributed by atoms with Crippen LogP contribution in [0.4, 0.5) is 21.5 Å². The van der Waals surface area contributed by atoms with Crippen LogP contribution in [0.15, 0.2) is 73.1 Å². The molecule has 0 aliphatic carbocycles. The lowest BCUT2D eigenvalue weighted by Crippen LogP contribution is -2.48. The van der Waals surface area contributed by atoms with Gasteiger partial charge >= 0.3 is 0 Å². The molecular weight excluding hydrogens is 367 g/mol. The number of benzene rings is 2. The van der Waals surface area contributed by atoms with Gasteiger partial charge in [-0.05, 0) is 42.5 Å². The second-order valence-electron chi connectivity index (χ2n) is 7.08. The smallest absolute Gasteiger partial charge is 0.255 e. The number of para-hydroxylation sites is 1. The molecule has 0 atom stereocenters. The Balaban J connectivity index is 1.43. The standard InChI is InChI=1S/C23H23FN4O/c1-26(20-5-3-2-4-6-20)22-15-18(16-25-17-22)23(29)28-13-11-27(12-14-28)21-9-7-19(24)8-10-21/h2-10,15-17H,11-14H2,1H3. The normalized spacial score (nSPS) is 14.0. The number of carbonyl (C=O) groups excluding carboxylic acids is 1. The topological polar surface area (TPSA) is 39.7 Å². The SMILES string of the molecule is CN(c1ccccc1)c1cncc(C(=O)N2CCN(c3ccc(F)cc3)CC2)c1. The largest absolute Gasteiger partial charge is 0.368 e. The summed E-state index contributed by atoms with van der Waals surface area (Å²) in [5, 5.41) is 0. The summed E-state index contributed by atoms with van der Waals surface area (Å²) in [5.41, 5.74) is 3.46. The number of hydrogen-bond donors (Lipinski definition) is 0. The lowest BCUT2D eigenvalue weighted by atomic mass is 10.2. The molecule has 6 heteroatoms. The van der Waals surface area contributed by atoms with Crippen molar-refractivity contribution in [1.29, 1.82) is 0 Å². The Kier molecular flexibility index (Phi) is 5.42. The fraction of sp³-hybridized carbons (Fsp3) is 0.217. The Morgan fingerprint density at radius 3 is 2.31 bits per heavy atom. The summed E-state index contributed by atoms with van der Waals surface area (Å²) in [7, 11) is 1.96. The monoisotopic (exact) mass is 390 g/mol. The zero-order chi connectivity index (χ0) is 20.2. The maximum Gasteiger partial charge on any atom is 0.255 e. The van der Waals surface area contributed by atoms with E-state index in [9.17, 15) is 9.18 Å². The number of halogens is 1. The molecule has 3 aromatic rings. The summed E-state index contributed by atoms with van der Waals surface area (Å²) >= 11 is 0. The van der Waals surface area contributed by atoms with Crippen LogP contribution in [0.25, 0.3) is 0 Å². The summed E-state index contributed by atoms with van der Waals surface area (Å²) in [6.45, 7) is 2.67. The quantitative estimate of drug-likeness (QED) is 0.676. The second-order valence-corrected chi connectivity index (χ2v) is 7.08. The van der Waals surface area contributed by atoms with Gasteiger partial charge in [0, 0.05) is 50.8 Å². The molecule has 0 unspecified atom stereocenters. The first-order chi connectivity index (χ1) is 14.1. The third kappa shape index (κ3) is 4.21. The zero-order valence-corrected chi connectivity index (χ0v) is 16.3. The van der Waals surface area contributed by atoms with Crippen molar-refractivity contribution in [2.45, 2.75) is 0 Å². The van der Waals surface area contributed by atoms with Crippen LogP contribution in [-0.2, 0) is 0 Å². The molecule has 4 rings (SSSR count). The van der Waals surface area contributed by atoms with Gasteiger partial charge in [-0.1, -0.05) is 18.2 Å². The predicted octanol–water partition coefficient (Wildman–Crippen LogP) is 3.95. The number of nitrogens with zero attached hydrogens (tertiary/aromatic N) is 4. The van der Waals surface area contributed by atoms with E-state index in [1.54, 1.807) is 24.5 Å². The van der Waals surface area contributed by atoms with E-state index in [0.717, 1.165) is 17.1 Å². The average molecular weight is 390 g/mol. The fourth-order valence-electron chi connectivity index (χ4n) is 3.53. The Morgan fingerprint density at radius 2 is 1.62 bits per heavy atom. The average Bonchev–Trinajstić information content (AvgIpc) is 2.79. The van der Waals surface area contributed by atoms with Crippen molar-refractivity contribution in [2.75, 3.05) is 43.0 Å². The first-order valence-electron chi connectivity index (χ1n) is 9.65. The van der Waals surface area contributed by atoms with Crippen molar-refractivity contribution in [2.24, 2.45) is 0 Å². The minimum absolute atomic E-state index is 0.0143. The molecule has 1 amide bonds. The molecule has 1 aromatic heterocycles. The Morgan fingerprint density at radius 1 is 0.931 bits per heavy atom. The van der Waals surface area contributed by atoms with E-state index in [1.807, 2.05) is 53.2 Å². The second kappa shape index (κ2) is 8.31. The van der Waals surface area contributed by atoms with Gasteiger partial charge in [0.05, 0.1) is 17.4 Å². The van der Waals surface area contributed by atoms with Crippen LogP contribution >= 0.6 is 0 Å². The third-order valence-electron chi connectivity index (χ3n) is 5.26. The molecule has 0 radical (unpaired) electrons. The summed E-state index contributed by atoms with van der Waals surface area (Å²) in [6, 6.07) is 18.3. The Bertz CT molecular complexity index is 970. The van der Waals surface area contributed by atoms with Crippen LogP contribution < -0.4 is 9.80 Å². The number of amides is 1.